The summed E-state index contributed by atoms with van der Waals surface area (Å²) in [4.78, 5) is 17.5. The summed E-state index contributed by atoms with van der Waals surface area (Å²) in [5.41, 5.74) is 7.00. The van der Waals surface area contributed by atoms with Crippen molar-refractivity contribution in [2.75, 3.05) is 12.8 Å². The van der Waals surface area contributed by atoms with E-state index in [1.54, 1.807) is 42.7 Å². The first-order valence-electron chi connectivity index (χ1n) is 5.12. The number of anilines is 1. The van der Waals surface area contributed by atoms with Gasteiger partial charge in [-0.25, -0.2) is 4.98 Å². The van der Waals surface area contributed by atoms with Crippen LogP contribution < -0.4 is 5.73 Å². The molecular weight excluding hydrogens is 218 g/mol. The Labute approximate surface area is 98.5 Å². The Morgan fingerprint density at radius 1 is 1.59 bits per heavy atom. The molecule has 0 bridgehead atoms. The van der Waals surface area contributed by atoms with E-state index in [-0.39, 0.29) is 11.7 Å². The average Bonchev–Trinajstić information content (AvgIpc) is 2.81. The number of nitrogens with one attached hydrogen (secondary N) is 1. The fourth-order valence-corrected chi connectivity index (χ4v) is 1.51. The third kappa shape index (κ3) is 2.41. The van der Waals surface area contributed by atoms with Gasteiger partial charge < -0.3 is 10.6 Å². The molecule has 0 fully saturated rings. The van der Waals surface area contributed by atoms with E-state index in [0.29, 0.717) is 12.1 Å². The molecule has 0 atom stereocenters. The van der Waals surface area contributed by atoms with E-state index in [9.17, 15) is 4.79 Å². The van der Waals surface area contributed by atoms with Crippen molar-refractivity contribution >= 4 is 11.7 Å². The van der Waals surface area contributed by atoms with Crippen molar-refractivity contribution in [1.82, 2.24) is 20.1 Å². The lowest BCUT2D eigenvalue weighted by Crippen LogP contribution is -2.27. The summed E-state index contributed by atoms with van der Waals surface area (Å²) in [6.45, 7) is 0.476. The number of H-pyrrole nitrogens is 1. The first-order chi connectivity index (χ1) is 8.18. The molecule has 2 rings (SSSR count). The van der Waals surface area contributed by atoms with Gasteiger partial charge in [-0.2, -0.15) is 5.10 Å². The summed E-state index contributed by atoms with van der Waals surface area (Å²) in [6.07, 6.45) is 4.98. The Bertz CT molecular complexity index is 508. The van der Waals surface area contributed by atoms with Gasteiger partial charge in [0.2, 0.25) is 0 Å². The Morgan fingerprint density at radius 3 is 3.06 bits per heavy atom. The molecule has 2 aromatic rings. The Morgan fingerprint density at radius 2 is 2.41 bits per heavy atom. The number of aromatic nitrogens is 3. The highest BCUT2D eigenvalue weighted by atomic mass is 16.2. The second kappa shape index (κ2) is 4.65. The minimum Gasteiger partial charge on any atom is -0.383 e. The molecule has 2 aromatic heterocycles. The lowest BCUT2D eigenvalue weighted by molar-refractivity contribution is 0.0786. The summed E-state index contributed by atoms with van der Waals surface area (Å²) in [5.74, 6) is 0.0911. The minimum absolute atomic E-state index is 0.156. The lowest BCUT2D eigenvalue weighted by Gasteiger charge is -2.16. The number of carbonyl (C=O) groups excluding carboxylic acids is 1. The number of pyridine rings is 1. The van der Waals surface area contributed by atoms with Crippen LogP contribution in [0.3, 0.4) is 0 Å². The van der Waals surface area contributed by atoms with Crippen molar-refractivity contribution in [3.05, 3.63) is 41.9 Å². The molecule has 1 amide bonds. The molecule has 0 unspecified atom stereocenters. The summed E-state index contributed by atoms with van der Waals surface area (Å²) in [5, 5.41) is 6.53. The van der Waals surface area contributed by atoms with Gasteiger partial charge in [-0.1, -0.05) is 0 Å². The molecule has 17 heavy (non-hydrogen) atoms. The summed E-state index contributed by atoms with van der Waals surface area (Å²) < 4.78 is 0. The van der Waals surface area contributed by atoms with E-state index >= 15 is 0 Å². The maximum Gasteiger partial charge on any atom is 0.257 e. The van der Waals surface area contributed by atoms with Gasteiger partial charge in [-0.05, 0) is 12.1 Å². The molecule has 0 saturated carbocycles. The van der Waals surface area contributed by atoms with Gasteiger partial charge in [0, 0.05) is 31.5 Å². The number of hydrogen-bond acceptors (Lipinski definition) is 4. The number of aromatic amines is 1. The van der Waals surface area contributed by atoms with Crippen LogP contribution in [0.15, 0.2) is 30.7 Å². The van der Waals surface area contributed by atoms with Crippen molar-refractivity contribution in [3.63, 3.8) is 0 Å². The van der Waals surface area contributed by atoms with Crippen LogP contribution in [-0.4, -0.2) is 33.0 Å². The summed E-state index contributed by atoms with van der Waals surface area (Å²) in [6, 6.07) is 3.35. The average molecular weight is 231 g/mol. The smallest absolute Gasteiger partial charge is 0.257 e. The normalized spacial score (nSPS) is 10.2. The van der Waals surface area contributed by atoms with Crippen molar-refractivity contribution in [3.8, 4) is 0 Å². The number of rotatable bonds is 3. The zero-order chi connectivity index (χ0) is 12.3. The lowest BCUT2D eigenvalue weighted by atomic mass is 10.2. The van der Waals surface area contributed by atoms with Crippen LogP contribution >= 0.6 is 0 Å². The fraction of sp³-hybridized carbons (Fsp3) is 0.182. The molecular formula is C11H13N5O. The van der Waals surface area contributed by atoms with E-state index in [1.165, 1.54) is 0 Å². The predicted octanol–water partition coefficient (Wildman–Crippen LogP) is 0.659. The van der Waals surface area contributed by atoms with Crippen LogP contribution in [0.5, 0.6) is 0 Å². The van der Waals surface area contributed by atoms with Crippen molar-refractivity contribution in [1.29, 1.82) is 0 Å². The molecule has 0 aromatic carbocycles. The Balaban J connectivity index is 2.13. The van der Waals surface area contributed by atoms with Gasteiger partial charge in [0.25, 0.3) is 5.91 Å². The Hall–Kier alpha value is -2.37. The maximum atomic E-state index is 12.1. The van der Waals surface area contributed by atoms with Gasteiger partial charge in [-0.3, -0.25) is 9.89 Å². The molecule has 0 saturated heterocycles. The third-order valence-corrected chi connectivity index (χ3v) is 2.39. The van der Waals surface area contributed by atoms with Gasteiger partial charge in [0.1, 0.15) is 5.82 Å². The monoisotopic (exact) mass is 231 g/mol. The first kappa shape index (κ1) is 11.1. The number of amides is 1. The van der Waals surface area contributed by atoms with Gasteiger partial charge in [0.15, 0.2) is 0 Å². The zero-order valence-corrected chi connectivity index (χ0v) is 9.42. The van der Waals surface area contributed by atoms with E-state index in [4.69, 9.17) is 5.73 Å². The van der Waals surface area contributed by atoms with Gasteiger partial charge in [-0.15, -0.1) is 0 Å². The van der Waals surface area contributed by atoms with E-state index in [0.717, 1.165) is 5.56 Å². The Kier molecular flexibility index (Phi) is 3.04. The maximum absolute atomic E-state index is 12.1. The van der Waals surface area contributed by atoms with Crippen LogP contribution in [0.25, 0.3) is 0 Å². The molecule has 6 heteroatoms. The standard InChI is InChI=1S/C11H13N5O/c1-16(7-8-5-14-15-6-8)11(17)9-3-2-4-13-10(9)12/h2-6H,7H2,1H3,(H2,12,13)(H,14,15). The van der Waals surface area contributed by atoms with Crippen LogP contribution in [0, 0.1) is 0 Å². The highest BCUT2D eigenvalue weighted by Crippen LogP contribution is 2.11. The highest BCUT2D eigenvalue weighted by Gasteiger charge is 2.15. The van der Waals surface area contributed by atoms with Crippen molar-refractivity contribution in [2.24, 2.45) is 0 Å². The van der Waals surface area contributed by atoms with Gasteiger partial charge in [0.05, 0.1) is 11.8 Å². The number of carbonyl (C=O) groups is 1. The molecule has 0 aliphatic heterocycles. The molecule has 0 spiro atoms. The molecule has 6 nitrogen and oxygen atoms in total. The van der Waals surface area contributed by atoms with E-state index < -0.39 is 0 Å². The van der Waals surface area contributed by atoms with E-state index in [1.807, 2.05) is 0 Å². The highest BCUT2D eigenvalue weighted by molar-refractivity contribution is 5.98. The molecule has 0 aliphatic carbocycles. The quantitative estimate of drug-likeness (QED) is 0.812. The number of nitrogens with zero attached hydrogens (tertiary/aromatic N) is 3. The topological polar surface area (TPSA) is 87.9 Å². The molecule has 2 heterocycles. The SMILES string of the molecule is CN(Cc1cn[nH]c1)C(=O)c1cccnc1N. The number of nitrogens with two attached hydrogens (primary N) is 1. The van der Waals surface area contributed by atoms with Crippen LogP contribution in [-0.2, 0) is 6.54 Å². The third-order valence-electron chi connectivity index (χ3n) is 2.39. The van der Waals surface area contributed by atoms with E-state index in [2.05, 4.69) is 15.2 Å². The first-order valence-corrected chi connectivity index (χ1v) is 5.12. The predicted molar refractivity (Wildman–Crippen MR) is 63.0 cm³/mol. The summed E-state index contributed by atoms with van der Waals surface area (Å²) >= 11 is 0. The summed E-state index contributed by atoms with van der Waals surface area (Å²) in [7, 11) is 1.71. The molecule has 0 radical (unpaired) electrons. The molecule has 0 aliphatic rings. The molecule has 88 valence electrons. The van der Waals surface area contributed by atoms with Crippen molar-refractivity contribution < 1.29 is 4.79 Å². The van der Waals surface area contributed by atoms with Crippen LogP contribution in [0.2, 0.25) is 0 Å². The van der Waals surface area contributed by atoms with Crippen LogP contribution in [0.4, 0.5) is 5.82 Å². The second-order valence-corrected chi connectivity index (χ2v) is 3.70. The largest absolute Gasteiger partial charge is 0.383 e. The second-order valence-electron chi connectivity index (χ2n) is 3.70. The van der Waals surface area contributed by atoms with Gasteiger partial charge >= 0.3 is 0 Å². The fourth-order valence-electron chi connectivity index (χ4n) is 1.51. The number of nitrogen functional groups attached to an aromatic ring is 1. The zero-order valence-electron chi connectivity index (χ0n) is 9.42. The molecule has 3 N–H and O–H groups in total. The van der Waals surface area contributed by atoms with Crippen molar-refractivity contribution in [2.45, 2.75) is 6.54 Å². The minimum atomic E-state index is -0.156. The van der Waals surface area contributed by atoms with Crippen LogP contribution in [0.1, 0.15) is 15.9 Å². The number of hydrogen-bond donors (Lipinski definition) is 2.